The summed E-state index contributed by atoms with van der Waals surface area (Å²) in [6.45, 7) is 4.94. The predicted molar refractivity (Wildman–Crippen MR) is 115 cm³/mol. The van der Waals surface area contributed by atoms with Crippen molar-refractivity contribution in [3.63, 3.8) is 0 Å². The van der Waals surface area contributed by atoms with Gasteiger partial charge in [-0.25, -0.2) is 0 Å². The first kappa shape index (κ1) is 18.9. The zero-order valence-corrected chi connectivity index (χ0v) is 18.0. The number of nitrogens with zero attached hydrogens (tertiary/aromatic N) is 1. The van der Waals surface area contributed by atoms with Gasteiger partial charge >= 0.3 is 0 Å². The summed E-state index contributed by atoms with van der Waals surface area (Å²) in [4.78, 5) is 15.0. The average molecular weight is 513 g/mol. The number of carbonyl (C=O) groups excluding carboxylic acids is 1. The third kappa shape index (κ3) is 5.28. The Morgan fingerprint density at radius 2 is 1.88 bits per heavy atom. The second-order valence-electron chi connectivity index (χ2n) is 6.63. The number of hydrogen-bond donors (Lipinski definition) is 1. The van der Waals surface area contributed by atoms with Crippen LogP contribution in [0.25, 0.3) is 0 Å². The molecule has 0 aromatic heterocycles. The van der Waals surface area contributed by atoms with Crippen LogP contribution in [-0.2, 0) is 11.3 Å². The number of carbonyl (C=O) groups is 1. The van der Waals surface area contributed by atoms with Crippen LogP contribution in [0, 0.1) is 16.4 Å². The highest BCUT2D eigenvalue weighted by Gasteiger charge is 2.25. The van der Waals surface area contributed by atoms with E-state index in [0.717, 1.165) is 48.2 Å². The Balaban J connectivity index is 1.51. The average Bonchev–Trinajstić information content (AvgIpc) is 2.60. The summed E-state index contributed by atoms with van der Waals surface area (Å²) in [5, 5.41) is 3.11. The maximum absolute atomic E-state index is 12.6. The van der Waals surface area contributed by atoms with Crippen LogP contribution in [0.15, 0.2) is 46.9 Å². The topological polar surface area (TPSA) is 32.3 Å². The number of hydrogen-bond acceptors (Lipinski definition) is 2. The second kappa shape index (κ2) is 8.64. The Bertz CT molecular complexity index is 740. The molecule has 3 nitrogen and oxygen atoms in total. The first-order valence-corrected chi connectivity index (χ1v) is 10.4. The standard InChI is InChI=1S/C20H22BrIN2O/c1-14-12-18(22)6-7-19(14)23-20(25)16-8-10-24(11-9-16)13-15-2-4-17(21)5-3-15/h2-7,12,16H,8-11,13H2,1H3,(H,23,25). The Hall–Kier alpha value is -0.920. The minimum Gasteiger partial charge on any atom is -0.326 e. The van der Waals surface area contributed by atoms with Gasteiger partial charge in [0.05, 0.1) is 0 Å². The zero-order valence-electron chi connectivity index (χ0n) is 14.3. The van der Waals surface area contributed by atoms with Crippen molar-refractivity contribution < 1.29 is 4.79 Å². The van der Waals surface area contributed by atoms with Crippen molar-refractivity contribution in [2.75, 3.05) is 18.4 Å². The molecule has 0 spiro atoms. The fourth-order valence-corrected chi connectivity index (χ4v) is 4.11. The van der Waals surface area contributed by atoms with Gasteiger partial charge in [0.15, 0.2) is 0 Å². The molecule has 1 N–H and O–H groups in total. The SMILES string of the molecule is Cc1cc(I)ccc1NC(=O)C1CCN(Cc2ccc(Br)cc2)CC1. The molecule has 0 radical (unpaired) electrons. The number of halogens is 2. The summed E-state index contributed by atoms with van der Waals surface area (Å²) in [5.74, 6) is 0.271. The fourth-order valence-electron chi connectivity index (χ4n) is 3.20. The van der Waals surface area contributed by atoms with Crippen LogP contribution in [-0.4, -0.2) is 23.9 Å². The Labute approximate surface area is 171 Å². The van der Waals surface area contributed by atoms with Crippen LogP contribution in [0.1, 0.15) is 24.0 Å². The van der Waals surface area contributed by atoms with E-state index in [-0.39, 0.29) is 11.8 Å². The molecule has 0 aliphatic carbocycles. The molecule has 1 heterocycles. The van der Waals surface area contributed by atoms with E-state index in [2.05, 4.69) is 79.1 Å². The number of benzene rings is 2. The minimum absolute atomic E-state index is 0.111. The molecule has 0 bridgehead atoms. The van der Waals surface area contributed by atoms with E-state index in [1.54, 1.807) is 0 Å². The van der Waals surface area contributed by atoms with E-state index >= 15 is 0 Å². The van der Waals surface area contributed by atoms with Crippen LogP contribution in [0.5, 0.6) is 0 Å². The second-order valence-corrected chi connectivity index (χ2v) is 8.79. The monoisotopic (exact) mass is 512 g/mol. The smallest absolute Gasteiger partial charge is 0.227 e. The van der Waals surface area contributed by atoms with Gasteiger partial charge in [-0.2, -0.15) is 0 Å². The minimum atomic E-state index is 0.111. The number of piperidine rings is 1. The van der Waals surface area contributed by atoms with Crippen molar-refractivity contribution in [3.8, 4) is 0 Å². The fraction of sp³-hybridized carbons (Fsp3) is 0.350. The largest absolute Gasteiger partial charge is 0.326 e. The maximum Gasteiger partial charge on any atom is 0.227 e. The van der Waals surface area contributed by atoms with Gasteiger partial charge in [-0.05, 0) is 96.9 Å². The quantitative estimate of drug-likeness (QED) is 0.570. The highest BCUT2D eigenvalue weighted by Crippen LogP contribution is 2.23. The number of aryl methyl sites for hydroxylation is 1. The van der Waals surface area contributed by atoms with E-state index < -0.39 is 0 Å². The highest BCUT2D eigenvalue weighted by molar-refractivity contribution is 14.1. The van der Waals surface area contributed by atoms with Gasteiger partial charge in [-0.15, -0.1) is 0 Å². The van der Waals surface area contributed by atoms with E-state index in [1.807, 2.05) is 19.1 Å². The molecular weight excluding hydrogens is 491 g/mol. The zero-order chi connectivity index (χ0) is 17.8. The summed E-state index contributed by atoms with van der Waals surface area (Å²) in [5.41, 5.74) is 3.37. The number of nitrogens with one attached hydrogen (secondary N) is 1. The molecule has 25 heavy (non-hydrogen) atoms. The number of likely N-dealkylation sites (tertiary alicyclic amines) is 1. The summed E-state index contributed by atoms with van der Waals surface area (Å²) in [7, 11) is 0. The molecule has 0 saturated carbocycles. The van der Waals surface area contributed by atoms with Gasteiger partial charge in [0.1, 0.15) is 0 Å². The maximum atomic E-state index is 12.6. The third-order valence-electron chi connectivity index (χ3n) is 4.72. The first-order chi connectivity index (χ1) is 12.0. The summed E-state index contributed by atoms with van der Waals surface area (Å²) >= 11 is 5.76. The summed E-state index contributed by atoms with van der Waals surface area (Å²) in [6, 6.07) is 14.6. The van der Waals surface area contributed by atoms with Crippen LogP contribution in [0.3, 0.4) is 0 Å². The van der Waals surface area contributed by atoms with Crippen molar-refractivity contribution in [1.82, 2.24) is 4.90 Å². The van der Waals surface area contributed by atoms with E-state index in [0.29, 0.717) is 0 Å². The molecule has 1 aliphatic rings. The molecule has 0 unspecified atom stereocenters. The summed E-state index contributed by atoms with van der Waals surface area (Å²) in [6.07, 6.45) is 1.84. The lowest BCUT2D eigenvalue weighted by Crippen LogP contribution is -2.37. The molecule has 5 heteroatoms. The molecule has 1 fully saturated rings. The molecule has 1 amide bonds. The number of anilines is 1. The van der Waals surface area contributed by atoms with Gasteiger partial charge in [0.2, 0.25) is 5.91 Å². The lowest BCUT2D eigenvalue weighted by molar-refractivity contribution is -0.121. The number of rotatable bonds is 4. The van der Waals surface area contributed by atoms with Crippen molar-refractivity contribution in [1.29, 1.82) is 0 Å². The first-order valence-electron chi connectivity index (χ1n) is 8.55. The van der Waals surface area contributed by atoms with Gasteiger partial charge in [0, 0.05) is 26.2 Å². The normalized spacial score (nSPS) is 16.0. The van der Waals surface area contributed by atoms with Crippen molar-refractivity contribution >= 4 is 50.1 Å². The third-order valence-corrected chi connectivity index (χ3v) is 5.92. The molecule has 0 atom stereocenters. The van der Waals surface area contributed by atoms with Crippen molar-refractivity contribution in [2.45, 2.75) is 26.3 Å². The molecule has 3 rings (SSSR count). The molecule has 132 valence electrons. The molecular formula is C20H22BrIN2O. The van der Waals surface area contributed by atoms with Crippen molar-refractivity contribution in [2.24, 2.45) is 5.92 Å². The number of amides is 1. The highest BCUT2D eigenvalue weighted by atomic mass is 127. The van der Waals surface area contributed by atoms with E-state index in [1.165, 1.54) is 9.13 Å². The van der Waals surface area contributed by atoms with Gasteiger partial charge in [-0.3, -0.25) is 9.69 Å². The van der Waals surface area contributed by atoms with Gasteiger partial charge < -0.3 is 5.32 Å². The van der Waals surface area contributed by atoms with Crippen LogP contribution >= 0.6 is 38.5 Å². The molecule has 2 aromatic carbocycles. The van der Waals surface area contributed by atoms with Crippen molar-refractivity contribution in [3.05, 3.63) is 61.6 Å². The van der Waals surface area contributed by atoms with E-state index in [4.69, 9.17) is 0 Å². The predicted octanol–water partition coefficient (Wildman–Crippen LogP) is 5.21. The Morgan fingerprint density at radius 3 is 2.52 bits per heavy atom. The molecule has 1 aliphatic heterocycles. The van der Waals surface area contributed by atoms with Crippen LogP contribution in [0.2, 0.25) is 0 Å². The lowest BCUT2D eigenvalue weighted by atomic mass is 9.95. The van der Waals surface area contributed by atoms with Crippen LogP contribution < -0.4 is 5.32 Å². The van der Waals surface area contributed by atoms with Gasteiger partial charge in [0.25, 0.3) is 0 Å². The summed E-state index contributed by atoms with van der Waals surface area (Å²) < 4.78 is 2.30. The Morgan fingerprint density at radius 1 is 1.20 bits per heavy atom. The Kier molecular flexibility index (Phi) is 6.52. The molecule has 2 aromatic rings. The molecule has 1 saturated heterocycles. The van der Waals surface area contributed by atoms with Gasteiger partial charge in [-0.1, -0.05) is 28.1 Å². The van der Waals surface area contributed by atoms with Crippen LogP contribution in [0.4, 0.5) is 5.69 Å². The van der Waals surface area contributed by atoms with E-state index in [9.17, 15) is 4.79 Å². The lowest BCUT2D eigenvalue weighted by Gasteiger charge is -2.31.